The number of pyridine rings is 1. The summed E-state index contributed by atoms with van der Waals surface area (Å²) in [5.41, 5.74) is 0.186. The van der Waals surface area contributed by atoms with Crippen LogP contribution in [0.25, 0.3) is 0 Å². The van der Waals surface area contributed by atoms with Crippen LogP contribution >= 0.6 is 0 Å². The number of nitrogens with zero attached hydrogens (tertiary/aromatic N) is 1. The number of hydrogen-bond acceptors (Lipinski definition) is 5. The summed E-state index contributed by atoms with van der Waals surface area (Å²) < 4.78 is 28.5. The van der Waals surface area contributed by atoms with E-state index in [1.807, 2.05) is 6.92 Å². The number of amides is 1. The largest absolute Gasteiger partial charge is 0.503 e. The molecule has 0 fully saturated rings. The van der Waals surface area contributed by atoms with Crippen molar-refractivity contribution in [3.63, 3.8) is 0 Å². The van der Waals surface area contributed by atoms with Crippen LogP contribution in [0.3, 0.4) is 0 Å². The van der Waals surface area contributed by atoms with Gasteiger partial charge in [-0.25, -0.2) is 13.1 Å². The fourth-order valence-corrected chi connectivity index (χ4v) is 3.46. The van der Waals surface area contributed by atoms with Crippen molar-refractivity contribution in [2.24, 2.45) is 7.05 Å². The first kappa shape index (κ1) is 20.7. The van der Waals surface area contributed by atoms with Gasteiger partial charge < -0.3 is 15.0 Å². The van der Waals surface area contributed by atoms with Crippen molar-refractivity contribution in [1.82, 2.24) is 14.6 Å². The van der Waals surface area contributed by atoms with E-state index in [2.05, 4.69) is 10.0 Å². The summed E-state index contributed by atoms with van der Waals surface area (Å²) in [6.07, 6.45) is 0. The lowest BCUT2D eigenvalue weighted by atomic mass is 10.2. The van der Waals surface area contributed by atoms with Gasteiger partial charge >= 0.3 is 0 Å². The Morgan fingerprint density at radius 1 is 1.22 bits per heavy atom. The Balaban J connectivity index is 2.34. The second kappa shape index (κ2) is 7.93. The molecule has 0 saturated heterocycles. The molecule has 0 aliphatic heterocycles. The van der Waals surface area contributed by atoms with Gasteiger partial charge in [-0.3, -0.25) is 9.59 Å². The van der Waals surface area contributed by atoms with Gasteiger partial charge in [0.2, 0.25) is 15.5 Å². The maximum Gasteiger partial charge on any atom is 0.272 e. The monoisotopic (exact) mass is 393 g/mol. The predicted molar refractivity (Wildman–Crippen MR) is 101 cm³/mol. The van der Waals surface area contributed by atoms with Crippen molar-refractivity contribution in [1.29, 1.82) is 0 Å². The molecule has 0 atom stereocenters. The topological polar surface area (TPSA) is 118 Å². The number of benzene rings is 1. The third-order valence-corrected chi connectivity index (χ3v) is 5.35. The third-order valence-electron chi connectivity index (χ3n) is 3.93. The molecule has 2 aromatic rings. The number of aromatic hydroxyl groups is 1. The molecule has 0 aliphatic carbocycles. The van der Waals surface area contributed by atoms with E-state index in [1.54, 1.807) is 26.0 Å². The lowest BCUT2D eigenvalue weighted by Crippen LogP contribution is -2.34. The summed E-state index contributed by atoms with van der Waals surface area (Å²) in [4.78, 5) is 24.4. The average Bonchev–Trinajstić information content (AvgIpc) is 2.57. The predicted octanol–water partition coefficient (Wildman–Crippen LogP) is 1.02. The Kier molecular flexibility index (Phi) is 6.07. The van der Waals surface area contributed by atoms with Crippen LogP contribution in [0.2, 0.25) is 0 Å². The molecule has 0 spiro atoms. The van der Waals surface area contributed by atoms with Crippen molar-refractivity contribution in [3.8, 4) is 5.75 Å². The van der Waals surface area contributed by atoms with E-state index in [0.717, 1.165) is 11.6 Å². The van der Waals surface area contributed by atoms with E-state index in [-0.39, 0.29) is 28.9 Å². The van der Waals surface area contributed by atoms with Crippen molar-refractivity contribution >= 4 is 15.9 Å². The van der Waals surface area contributed by atoms with Crippen LogP contribution in [0.15, 0.2) is 40.0 Å². The Hall–Kier alpha value is -2.65. The zero-order valence-corrected chi connectivity index (χ0v) is 16.4. The van der Waals surface area contributed by atoms with Gasteiger partial charge in [-0.15, -0.1) is 0 Å². The number of rotatable bonds is 6. The van der Waals surface area contributed by atoms with Crippen LogP contribution in [0, 0.1) is 6.92 Å². The normalized spacial score (nSPS) is 11.6. The minimum Gasteiger partial charge on any atom is -0.503 e. The number of carbonyl (C=O) groups is 1. The SMILES string of the molecule is Cc1ccc(S(=O)(=O)NCc2cc(=O)c(O)c(C(=O)NC(C)C)n2C)cc1. The van der Waals surface area contributed by atoms with Gasteiger partial charge in [-0.1, -0.05) is 17.7 Å². The van der Waals surface area contributed by atoms with Crippen molar-refractivity contribution < 1.29 is 18.3 Å². The van der Waals surface area contributed by atoms with Crippen molar-refractivity contribution in [2.75, 3.05) is 0 Å². The van der Waals surface area contributed by atoms with Gasteiger partial charge in [-0.2, -0.15) is 0 Å². The highest BCUT2D eigenvalue weighted by molar-refractivity contribution is 7.89. The summed E-state index contributed by atoms with van der Waals surface area (Å²) >= 11 is 0. The number of hydrogen-bond donors (Lipinski definition) is 3. The molecule has 1 aromatic heterocycles. The van der Waals surface area contributed by atoms with E-state index in [1.165, 1.54) is 23.7 Å². The average molecular weight is 393 g/mol. The molecule has 8 nitrogen and oxygen atoms in total. The van der Waals surface area contributed by atoms with Crippen LogP contribution in [0.1, 0.15) is 35.6 Å². The molecule has 1 amide bonds. The van der Waals surface area contributed by atoms with Crippen LogP contribution in [0.5, 0.6) is 5.75 Å². The first-order chi connectivity index (χ1) is 12.5. The van der Waals surface area contributed by atoms with Crippen LogP contribution in [-0.2, 0) is 23.6 Å². The maximum atomic E-state index is 12.4. The Morgan fingerprint density at radius 3 is 2.37 bits per heavy atom. The van der Waals surface area contributed by atoms with Crippen molar-refractivity contribution in [3.05, 3.63) is 57.5 Å². The van der Waals surface area contributed by atoms with Gasteiger partial charge in [0.25, 0.3) is 5.91 Å². The molecule has 0 saturated carbocycles. The van der Waals surface area contributed by atoms with Crippen LogP contribution < -0.4 is 15.5 Å². The molecule has 146 valence electrons. The molecule has 0 aliphatic rings. The molecule has 1 heterocycles. The summed E-state index contributed by atoms with van der Waals surface area (Å²) in [7, 11) is -2.32. The smallest absolute Gasteiger partial charge is 0.272 e. The Bertz CT molecular complexity index is 1010. The summed E-state index contributed by atoms with van der Waals surface area (Å²) in [5.74, 6) is -1.30. The number of sulfonamides is 1. The second-order valence-corrected chi connectivity index (χ2v) is 8.29. The van der Waals surface area contributed by atoms with Crippen molar-refractivity contribution in [2.45, 2.75) is 38.3 Å². The highest BCUT2D eigenvalue weighted by Crippen LogP contribution is 2.15. The van der Waals surface area contributed by atoms with Gasteiger partial charge in [-0.05, 0) is 32.9 Å². The fraction of sp³-hybridized carbons (Fsp3) is 0.333. The minimum absolute atomic E-state index is 0.0923. The highest BCUT2D eigenvalue weighted by Gasteiger charge is 2.21. The van der Waals surface area contributed by atoms with E-state index < -0.39 is 27.1 Å². The van der Waals surface area contributed by atoms with E-state index in [4.69, 9.17) is 0 Å². The van der Waals surface area contributed by atoms with E-state index in [9.17, 15) is 23.1 Å². The van der Waals surface area contributed by atoms with Gasteiger partial charge in [0.1, 0.15) is 0 Å². The lowest BCUT2D eigenvalue weighted by Gasteiger charge is -2.17. The molecule has 1 aromatic carbocycles. The summed E-state index contributed by atoms with van der Waals surface area (Å²) in [5, 5.41) is 12.6. The molecule has 0 unspecified atom stereocenters. The summed E-state index contributed by atoms with van der Waals surface area (Å²) in [6.45, 7) is 5.11. The van der Waals surface area contributed by atoms with Gasteiger partial charge in [0.05, 0.1) is 11.4 Å². The summed E-state index contributed by atoms with van der Waals surface area (Å²) in [6, 6.07) is 7.22. The molecular formula is C18H23N3O5S. The third kappa shape index (κ3) is 4.75. The zero-order chi connectivity index (χ0) is 20.4. The van der Waals surface area contributed by atoms with Crippen LogP contribution in [-0.4, -0.2) is 30.0 Å². The Morgan fingerprint density at radius 2 is 1.81 bits per heavy atom. The first-order valence-electron chi connectivity index (χ1n) is 8.32. The molecule has 3 N–H and O–H groups in total. The standard InChI is InChI=1S/C18H23N3O5S/c1-11(2)20-18(24)16-17(23)15(22)9-13(21(16)4)10-19-27(25,26)14-7-5-12(3)6-8-14/h5-9,11,19,23H,10H2,1-4H3,(H,20,24). The number of nitrogens with one attached hydrogen (secondary N) is 2. The number of carbonyl (C=O) groups excluding carboxylic acids is 1. The molecule has 9 heteroatoms. The van der Waals surface area contributed by atoms with Gasteiger partial charge in [0, 0.05) is 24.8 Å². The molecule has 27 heavy (non-hydrogen) atoms. The van der Waals surface area contributed by atoms with Crippen LogP contribution in [0.4, 0.5) is 0 Å². The van der Waals surface area contributed by atoms with E-state index >= 15 is 0 Å². The second-order valence-electron chi connectivity index (χ2n) is 6.52. The minimum atomic E-state index is -3.80. The van der Waals surface area contributed by atoms with E-state index in [0.29, 0.717) is 0 Å². The lowest BCUT2D eigenvalue weighted by molar-refractivity contribution is 0.0930. The number of aryl methyl sites for hydroxylation is 1. The first-order valence-corrected chi connectivity index (χ1v) is 9.80. The Labute approximate surface area is 157 Å². The molecule has 2 rings (SSSR count). The highest BCUT2D eigenvalue weighted by atomic mass is 32.2. The zero-order valence-electron chi connectivity index (χ0n) is 15.6. The van der Waals surface area contributed by atoms with Gasteiger partial charge in [0.15, 0.2) is 11.4 Å². The number of aromatic nitrogens is 1. The maximum absolute atomic E-state index is 12.4. The fourth-order valence-electron chi connectivity index (χ4n) is 2.47. The quantitative estimate of drug-likeness (QED) is 0.677. The molecule has 0 bridgehead atoms. The molecule has 0 radical (unpaired) electrons. The molecular weight excluding hydrogens is 370 g/mol.